The van der Waals surface area contributed by atoms with Gasteiger partial charge in [0.05, 0.1) is 16.6 Å². The van der Waals surface area contributed by atoms with E-state index in [-0.39, 0.29) is 17.9 Å². The van der Waals surface area contributed by atoms with E-state index in [1.54, 1.807) is 0 Å². The minimum atomic E-state index is -0.158. The number of hydrogen-bond acceptors (Lipinski definition) is 2. The second-order valence-electron chi connectivity index (χ2n) is 11.1. The van der Waals surface area contributed by atoms with Crippen LogP contribution in [0.5, 0.6) is 0 Å². The van der Waals surface area contributed by atoms with Crippen LogP contribution in [0.1, 0.15) is 27.7 Å². The molecule has 2 aromatic heterocycles. The van der Waals surface area contributed by atoms with Gasteiger partial charge in [-0.05, 0) is 67.4 Å². The van der Waals surface area contributed by atoms with Crippen LogP contribution in [0.15, 0.2) is 89.3 Å². The Morgan fingerprint density at radius 2 is 1.29 bits per heavy atom. The highest BCUT2D eigenvalue weighted by molar-refractivity contribution is 6.68. The molecule has 1 aliphatic heterocycles. The van der Waals surface area contributed by atoms with Crippen molar-refractivity contribution in [3.05, 3.63) is 84.9 Å². The number of benzene rings is 4. The van der Waals surface area contributed by atoms with Gasteiger partial charge in [0.15, 0.2) is 0 Å². The molecule has 1 aliphatic rings. The molecule has 172 valence electrons. The fourth-order valence-electron chi connectivity index (χ4n) is 5.78. The van der Waals surface area contributed by atoms with Gasteiger partial charge in [0.2, 0.25) is 0 Å². The minimum Gasteiger partial charge on any atom is -0.456 e. The summed E-state index contributed by atoms with van der Waals surface area (Å²) in [4.78, 5) is 0. The third-order valence-corrected chi connectivity index (χ3v) is 8.45. The van der Waals surface area contributed by atoms with Crippen LogP contribution in [0, 0.1) is 5.41 Å². The van der Waals surface area contributed by atoms with Gasteiger partial charge >= 0.3 is 6.92 Å². The van der Waals surface area contributed by atoms with E-state index in [9.17, 15) is 0 Å². The summed E-state index contributed by atoms with van der Waals surface area (Å²) >= 11 is 0. The van der Waals surface area contributed by atoms with Gasteiger partial charge in [0.25, 0.3) is 0 Å². The van der Waals surface area contributed by atoms with Crippen LogP contribution in [-0.2, 0) is 4.65 Å². The summed E-state index contributed by atoms with van der Waals surface area (Å²) in [5.41, 5.74) is 6.58. The Kier molecular flexibility index (Phi) is 4.18. The second kappa shape index (κ2) is 7.02. The summed E-state index contributed by atoms with van der Waals surface area (Å²) in [7, 11) is 0. The number of fused-ring (bicyclic) bond motifs is 6. The Morgan fingerprint density at radius 3 is 1.91 bits per heavy atom. The lowest BCUT2D eigenvalue weighted by atomic mass is 9.54. The van der Waals surface area contributed by atoms with E-state index in [2.05, 4.69) is 117 Å². The van der Waals surface area contributed by atoms with Gasteiger partial charge in [-0.3, -0.25) is 0 Å². The van der Waals surface area contributed by atoms with E-state index < -0.39 is 0 Å². The predicted octanol–water partition coefficient (Wildman–Crippen LogP) is 7.72. The monoisotopic (exact) mass is 457 g/mol. The fourth-order valence-corrected chi connectivity index (χ4v) is 5.78. The Morgan fingerprint density at radius 1 is 0.686 bits per heavy atom. The van der Waals surface area contributed by atoms with Crippen molar-refractivity contribution in [3.8, 4) is 5.69 Å². The lowest BCUT2D eigenvalue weighted by Crippen LogP contribution is -2.36. The Balaban J connectivity index is 1.42. The van der Waals surface area contributed by atoms with Crippen molar-refractivity contribution in [2.45, 2.75) is 39.6 Å². The van der Waals surface area contributed by atoms with E-state index in [4.69, 9.17) is 9.07 Å². The minimum absolute atomic E-state index is 0.0925. The zero-order chi connectivity index (χ0) is 23.9. The maximum Gasteiger partial charge on any atom is 0.327 e. The normalized spacial score (nSPS) is 17.3. The highest BCUT2D eigenvalue weighted by Crippen LogP contribution is 2.45. The lowest BCUT2D eigenvalue weighted by Gasteiger charge is -2.34. The van der Waals surface area contributed by atoms with E-state index >= 15 is 0 Å². The Bertz CT molecular complexity index is 1700. The first-order chi connectivity index (χ1) is 16.8. The molecule has 0 saturated carbocycles. The molecule has 4 aromatic carbocycles. The van der Waals surface area contributed by atoms with Crippen LogP contribution < -0.4 is 5.46 Å². The molecular formula is C31H28BNO2. The van der Waals surface area contributed by atoms with E-state index in [1.165, 1.54) is 27.3 Å². The third kappa shape index (κ3) is 2.96. The summed E-state index contributed by atoms with van der Waals surface area (Å²) in [6.07, 6.45) is 1.01. The molecule has 0 aliphatic carbocycles. The molecule has 0 bridgehead atoms. The van der Waals surface area contributed by atoms with Gasteiger partial charge in [-0.25, -0.2) is 0 Å². The fraction of sp³-hybridized carbons (Fsp3) is 0.226. The van der Waals surface area contributed by atoms with Gasteiger partial charge < -0.3 is 13.6 Å². The number of nitrogens with zero attached hydrogens (tertiary/aromatic N) is 1. The number of para-hydroxylation sites is 2. The first-order valence-corrected chi connectivity index (χ1v) is 12.5. The van der Waals surface area contributed by atoms with Crippen LogP contribution in [0.25, 0.3) is 49.4 Å². The number of aromatic nitrogens is 1. The van der Waals surface area contributed by atoms with Gasteiger partial charge in [0.1, 0.15) is 11.2 Å². The quantitative estimate of drug-likeness (QED) is 0.249. The van der Waals surface area contributed by atoms with Crippen molar-refractivity contribution >= 4 is 56.1 Å². The first kappa shape index (κ1) is 20.8. The molecule has 35 heavy (non-hydrogen) atoms. The molecule has 0 amide bonds. The van der Waals surface area contributed by atoms with Gasteiger partial charge in [-0.15, -0.1) is 0 Å². The van der Waals surface area contributed by atoms with Crippen LogP contribution >= 0.6 is 0 Å². The van der Waals surface area contributed by atoms with E-state index in [1.807, 2.05) is 0 Å². The summed E-state index contributed by atoms with van der Waals surface area (Å²) in [5.74, 6) is 0. The molecule has 3 nitrogen and oxygen atoms in total. The van der Waals surface area contributed by atoms with Crippen molar-refractivity contribution in [3.63, 3.8) is 0 Å². The number of hydrogen-bond donors (Lipinski definition) is 0. The van der Waals surface area contributed by atoms with E-state index in [0.29, 0.717) is 0 Å². The average Bonchev–Trinajstić information content (AvgIpc) is 3.45. The third-order valence-electron chi connectivity index (χ3n) is 8.45. The summed E-state index contributed by atoms with van der Waals surface area (Å²) in [5, 5.41) is 4.82. The van der Waals surface area contributed by atoms with Crippen LogP contribution in [-0.4, -0.2) is 17.1 Å². The molecule has 0 N–H and O–H groups in total. The molecule has 0 atom stereocenters. The second-order valence-corrected chi connectivity index (χ2v) is 11.1. The van der Waals surface area contributed by atoms with Crippen LogP contribution in [0.2, 0.25) is 6.32 Å². The summed E-state index contributed by atoms with van der Waals surface area (Å²) < 4.78 is 15.1. The SMILES string of the molecule is CC1(C)CB(c2ccc3oc4ccc(-n5c6ccccc6c6ccccc65)cc4c3c2)OC1(C)C. The zero-order valence-electron chi connectivity index (χ0n) is 20.6. The van der Waals surface area contributed by atoms with Gasteiger partial charge in [0, 0.05) is 27.2 Å². The molecule has 1 saturated heterocycles. The van der Waals surface area contributed by atoms with Crippen LogP contribution in [0.4, 0.5) is 0 Å². The maximum atomic E-state index is 6.53. The molecular weight excluding hydrogens is 429 g/mol. The van der Waals surface area contributed by atoms with Crippen molar-refractivity contribution in [2.24, 2.45) is 5.41 Å². The van der Waals surface area contributed by atoms with Crippen molar-refractivity contribution in [1.82, 2.24) is 4.57 Å². The molecule has 4 heteroatoms. The summed E-state index contributed by atoms with van der Waals surface area (Å²) in [6.45, 7) is 9.11. The maximum absolute atomic E-state index is 6.53. The van der Waals surface area contributed by atoms with Crippen molar-refractivity contribution < 1.29 is 9.07 Å². The van der Waals surface area contributed by atoms with E-state index in [0.717, 1.165) is 33.9 Å². The van der Waals surface area contributed by atoms with Gasteiger partial charge in [-0.2, -0.15) is 0 Å². The molecule has 1 fully saturated rings. The van der Waals surface area contributed by atoms with Gasteiger partial charge in [-0.1, -0.05) is 62.4 Å². The Hall–Kier alpha value is -3.50. The largest absolute Gasteiger partial charge is 0.456 e. The standard InChI is InChI=1S/C31H28BNO2/c1-30(2)19-32(35-31(30,3)4)20-13-15-28-24(17-20)25-18-21(14-16-29(25)34-28)33-26-11-7-5-9-22(26)23-10-6-8-12-27(23)33/h5-18H,19H2,1-4H3. The molecule has 3 heterocycles. The average molecular weight is 457 g/mol. The lowest BCUT2D eigenvalue weighted by molar-refractivity contribution is 0.0375. The van der Waals surface area contributed by atoms with Crippen LogP contribution in [0.3, 0.4) is 0 Å². The molecule has 6 aromatic rings. The zero-order valence-corrected chi connectivity index (χ0v) is 20.6. The first-order valence-electron chi connectivity index (χ1n) is 12.5. The molecule has 0 spiro atoms. The highest BCUT2D eigenvalue weighted by Gasteiger charge is 2.49. The Labute approximate surface area is 205 Å². The molecule has 0 radical (unpaired) electrons. The number of rotatable bonds is 2. The topological polar surface area (TPSA) is 27.3 Å². The van der Waals surface area contributed by atoms with Crippen molar-refractivity contribution in [2.75, 3.05) is 0 Å². The highest BCUT2D eigenvalue weighted by atomic mass is 16.5. The smallest absolute Gasteiger partial charge is 0.327 e. The number of furan rings is 1. The van der Waals surface area contributed by atoms with Crippen molar-refractivity contribution in [1.29, 1.82) is 0 Å². The summed E-state index contributed by atoms with van der Waals surface area (Å²) in [6, 6.07) is 30.3. The molecule has 0 unspecified atom stereocenters. The molecule has 7 rings (SSSR count). The predicted molar refractivity (Wildman–Crippen MR) is 147 cm³/mol.